The smallest absolute Gasteiger partial charge is 0.341 e. The van der Waals surface area contributed by atoms with E-state index in [0.29, 0.717) is 9.32 Å². The van der Waals surface area contributed by atoms with E-state index in [-0.39, 0.29) is 5.56 Å². The Morgan fingerprint density at radius 1 is 1.43 bits per heavy atom. The maximum Gasteiger partial charge on any atom is 0.341 e. The third-order valence-corrected chi connectivity index (χ3v) is 2.42. The number of esters is 1. The van der Waals surface area contributed by atoms with Crippen LogP contribution in [0.3, 0.4) is 0 Å². The summed E-state index contributed by atoms with van der Waals surface area (Å²) in [5.74, 6) is -0.770. The molecule has 1 aromatic rings. The lowest BCUT2D eigenvalue weighted by atomic mass is 10.2. The van der Waals surface area contributed by atoms with Gasteiger partial charge in [0.1, 0.15) is 17.1 Å². The number of ether oxygens (including phenoxy) is 2. The van der Waals surface area contributed by atoms with Crippen molar-refractivity contribution in [2.75, 3.05) is 14.2 Å². The zero-order valence-corrected chi connectivity index (χ0v) is 9.79. The molecule has 0 bridgehead atoms. The molecule has 0 saturated carbocycles. The summed E-state index contributed by atoms with van der Waals surface area (Å²) < 4.78 is 23.0. The Labute approximate surface area is 94.3 Å². The average molecular weight is 310 g/mol. The molecule has 1 aromatic carbocycles. The van der Waals surface area contributed by atoms with Gasteiger partial charge in [-0.1, -0.05) is 0 Å². The lowest BCUT2D eigenvalue weighted by molar-refractivity contribution is 0.0596. The Bertz CT molecular complexity index is 365. The summed E-state index contributed by atoms with van der Waals surface area (Å²) in [6.45, 7) is 0. The summed E-state index contributed by atoms with van der Waals surface area (Å²) in [5.41, 5.74) is 0.0967. The standard InChI is InChI=1S/C9H8FIO3/c1-13-8-6(9(12)14-2)3-5(10)4-7(8)11/h3-4H,1-2H3. The van der Waals surface area contributed by atoms with E-state index in [1.807, 2.05) is 22.6 Å². The molecule has 0 aliphatic rings. The van der Waals surface area contributed by atoms with Crippen LogP contribution < -0.4 is 4.74 Å². The van der Waals surface area contributed by atoms with Crippen LogP contribution in [0.4, 0.5) is 4.39 Å². The molecule has 0 fully saturated rings. The van der Waals surface area contributed by atoms with Gasteiger partial charge in [0.25, 0.3) is 0 Å². The number of hydrogen-bond donors (Lipinski definition) is 0. The van der Waals surface area contributed by atoms with Crippen LogP contribution in [0.2, 0.25) is 0 Å². The number of rotatable bonds is 2. The maximum atomic E-state index is 13.0. The second-order valence-electron chi connectivity index (χ2n) is 2.46. The van der Waals surface area contributed by atoms with Crippen molar-refractivity contribution in [3.8, 4) is 5.75 Å². The van der Waals surface area contributed by atoms with E-state index in [1.54, 1.807) is 0 Å². The highest BCUT2D eigenvalue weighted by molar-refractivity contribution is 14.1. The van der Waals surface area contributed by atoms with Gasteiger partial charge in [-0.2, -0.15) is 0 Å². The van der Waals surface area contributed by atoms with Crippen molar-refractivity contribution in [3.05, 3.63) is 27.1 Å². The summed E-state index contributed by atoms with van der Waals surface area (Å²) in [6.07, 6.45) is 0. The van der Waals surface area contributed by atoms with Gasteiger partial charge < -0.3 is 9.47 Å². The molecule has 0 heterocycles. The van der Waals surface area contributed by atoms with Crippen LogP contribution in [0, 0.1) is 9.39 Å². The fourth-order valence-corrected chi connectivity index (χ4v) is 1.84. The van der Waals surface area contributed by atoms with Gasteiger partial charge in [-0.05, 0) is 34.7 Å². The van der Waals surface area contributed by atoms with E-state index in [0.717, 1.165) is 6.07 Å². The quantitative estimate of drug-likeness (QED) is 0.621. The average Bonchev–Trinajstić information content (AvgIpc) is 2.15. The van der Waals surface area contributed by atoms with Gasteiger partial charge in [0, 0.05) is 0 Å². The van der Waals surface area contributed by atoms with E-state index < -0.39 is 11.8 Å². The number of halogens is 2. The molecule has 0 unspecified atom stereocenters. The minimum Gasteiger partial charge on any atom is -0.495 e. The molecule has 0 atom stereocenters. The highest BCUT2D eigenvalue weighted by Crippen LogP contribution is 2.27. The molecular weight excluding hydrogens is 302 g/mol. The van der Waals surface area contributed by atoms with Gasteiger partial charge in [0.2, 0.25) is 0 Å². The Kier molecular flexibility index (Phi) is 3.68. The van der Waals surface area contributed by atoms with E-state index in [4.69, 9.17) is 4.74 Å². The lowest BCUT2D eigenvalue weighted by Gasteiger charge is -2.08. The number of benzene rings is 1. The highest BCUT2D eigenvalue weighted by atomic mass is 127. The Morgan fingerprint density at radius 3 is 2.57 bits per heavy atom. The second-order valence-corrected chi connectivity index (χ2v) is 3.62. The molecule has 0 saturated heterocycles. The van der Waals surface area contributed by atoms with E-state index in [2.05, 4.69) is 4.74 Å². The summed E-state index contributed by atoms with van der Waals surface area (Å²) in [6, 6.07) is 2.37. The molecule has 0 aromatic heterocycles. The minimum absolute atomic E-state index is 0.0967. The summed E-state index contributed by atoms with van der Waals surface area (Å²) >= 11 is 1.89. The molecule has 0 aliphatic carbocycles. The number of carbonyl (C=O) groups excluding carboxylic acids is 1. The van der Waals surface area contributed by atoms with Crippen LogP contribution in [0.25, 0.3) is 0 Å². The summed E-state index contributed by atoms with van der Waals surface area (Å²) in [4.78, 5) is 11.2. The van der Waals surface area contributed by atoms with Gasteiger partial charge in [-0.25, -0.2) is 9.18 Å². The van der Waals surface area contributed by atoms with Crippen LogP contribution in [0.15, 0.2) is 12.1 Å². The van der Waals surface area contributed by atoms with Crippen molar-refractivity contribution in [3.63, 3.8) is 0 Å². The second kappa shape index (κ2) is 4.59. The fraction of sp³-hybridized carbons (Fsp3) is 0.222. The van der Waals surface area contributed by atoms with Gasteiger partial charge in [0.15, 0.2) is 0 Å². The predicted molar refractivity (Wildman–Crippen MR) is 57.0 cm³/mol. The third kappa shape index (κ3) is 2.14. The molecule has 76 valence electrons. The topological polar surface area (TPSA) is 35.5 Å². The molecule has 14 heavy (non-hydrogen) atoms. The zero-order valence-electron chi connectivity index (χ0n) is 7.64. The molecular formula is C9H8FIO3. The SMILES string of the molecule is COC(=O)c1cc(F)cc(I)c1OC. The maximum absolute atomic E-state index is 13.0. The van der Waals surface area contributed by atoms with Crippen molar-refractivity contribution >= 4 is 28.6 Å². The summed E-state index contributed by atoms with van der Waals surface area (Å²) in [7, 11) is 2.65. The fourth-order valence-electron chi connectivity index (χ4n) is 1.03. The van der Waals surface area contributed by atoms with Crippen LogP contribution >= 0.6 is 22.6 Å². The van der Waals surface area contributed by atoms with Gasteiger partial charge >= 0.3 is 5.97 Å². The molecule has 0 N–H and O–H groups in total. The van der Waals surface area contributed by atoms with Crippen molar-refractivity contribution in [2.24, 2.45) is 0 Å². The summed E-state index contributed by atoms with van der Waals surface area (Å²) in [5, 5.41) is 0. The number of hydrogen-bond acceptors (Lipinski definition) is 3. The van der Waals surface area contributed by atoms with Gasteiger partial charge in [-0.15, -0.1) is 0 Å². The molecule has 3 nitrogen and oxygen atoms in total. The van der Waals surface area contributed by atoms with Crippen LogP contribution in [-0.4, -0.2) is 20.2 Å². The number of carbonyl (C=O) groups is 1. The molecule has 5 heteroatoms. The number of methoxy groups -OCH3 is 2. The zero-order chi connectivity index (χ0) is 10.7. The molecule has 0 amide bonds. The molecule has 0 radical (unpaired) electrons. The van der Waals surface area contributed by atoms with Crippen LogP contribution in [-0.2, 0) is 4.74 Å². The normalized spacial score (nSPS) is 9.71. The lowest BCUT2D eigenvalue weighted by Crippen LogP contribution is -2.06. The Balaban J connectivity index is 3.32. The Morgan fingerprint density at radius 2 is 2.07 bits per heavy atom. The monoisotopic (exact) mass is 310 g/mol. The first-order chi connectivity index (χ1) is 6.60. The largest absolute Gasteiger partial charge is 0.495 e. The van der Waals surface area contributed by atoms with Crippen LogP contribution in [0.5, 0.6) is 5.75 Å². The van der Waals surface area contributed by atoms with E-state index in [9.17, 15) is 9.18 Å². The highest BCUT2D eigenvalue weighted by Gasteiger charge is 2.16. The third-order valence-electron chi connectivity index (χ3n) is 1.62. The van der Waals surface area contributed by atoms with Crippen LogP contribution in [0.1, 0.15) is 10.4 Å². The van der Waals surface area contributed by atoms with Gasteiger partial charge in [0.05, 0.1) is 17.8 Å². The van der Waals surface area contributed by atoms with Gasteiger partial charge in [-0.3, -0.25) is 0 Å². The molecule has 0 spiro atoms. The minimum atomic E-state index is -0.612. The van der Waals surface area contributed by atoms with Crippen molar-refractivity contribution < 1.29 is 18.7 Å². The molecule has 0 aliphatic heterocycles. The first-order valence-electron chi connectivity index (χ1n) is 3.71. The van der Waals surface area contributed by atoms with E-state index >= 15 is 0 Å². The Hall–Kier alpha value is -0.850. The van der Waals surface area contributed by atoms with Crippen molar-refractivity contribution in [1.29, 1.82) is 0 Å². The first kappa shape index (κ1) is 11.2. The first-order valence-corrected chi connectivity index (χ1v) is 4.79. The predicted octanol–water partition coefficient (Wildman–Crippen LogP) is 2.23. The van der Waals surface area contributed by atoms with Crippen molar-refractivity contribution in [1.82, 2.24) is 0 Å². The van der Waals surface area contributed by atoms with E-state index in [1.165, 1.54) is 20.3 Å². The van der Waals surface area contributed by atoms with Crippen molar-refractivity contribution in [2.45, 2.75) is 0 Å². The molecule has 1 rings (SSSR count).